The first-order valence-corrected chi connectivity index (χ1v) is 8.37. The van der Waals surface area contributed by atoms with Crippen molar-refractivity contribution in [2.24, 2.45) is 11.8 Å². The van der Waals surface area contributed by atoms with Gasteiger partial charge in [-0.25, -0.2) is 0 Å². The molecule has 2 aliphatic rings. The average Bonchev–Trinajstić information content (AvgIpc) is 2.33. The van der Waals surface area contributed by atoms with Gasteiger partial charge in [-0.3, -0.25) is 4.90 Å². The summed E-state index contributed by atoms with van der Waals surface area (Å²) in [5, 5.41) is 3.98. The molecule has 19 heavy (non-hydrogen) atoms. The summed E-state index contributed by atoms with van der Waals surface area (Å²) in [6.45, 7) is 14.4. The van der Waals surface area contributed by atoms with Crippen LogP contribution in [-0.4, -0.2) is 35.6 Å². The summed E-state index contributed by atoms with van der Waals surface area (Å²) in [5.41, 5.74) is 0.345. The van der Waals surface area contributed by atoms with Gasteiger partial charge in [0.15, 0.2) is 0 Å². The minimum Gasteiger partial charge on any atom is -0.311 e. The highest BCUT2D eigenvalue weighted by Gasteiger charge is 2.31. The first-order valence-electron chi connectivity index (χ1n) is 8.37. The zero-order chi connectivity index (χ0) is 14.0. The van der Waals surface area contributed by atoms with Crippen LogP contribution in [0.5, 0.6) is 0 Å². The first-order chi connectivity index (χ1) is 8.86. The van der Waals surface area contributed by atoms with Gasteiger partial charge in [0.05, 0.1) is 0 Å². The molecule has 112 valence electrons. The van der Waals surface area contributed by atoms with Crippen LogP contribution in [0.4, 0.5) is 0 Å². The Balaban J connectivity index is 1.79. The molecule has 0 spiro atoms. The van der Waals surface area contributed by atoms with Crippen molar-refractivity contribution in [2.75, 3.05) is 13.1 Å². The summed E-state index contributed by atoms with van der Waals surface area (Å²) in [5.74, 6) is 1.79. The molecule has 3 unspecified atom stereocenters. The molecule has 1 N–H and O–H groups in total. The number of rotatable bonds is 2. The van der Waals surface area contributed by atoms with Crippen LogP contribution in [0.15, 0.2) is 0 Å². The van der Waals surface area contributed by atoms with E-state index < -0.39 is 0 Å². The Labute approximate surface area is 120 Å². The van der Waals surface area contributed by atoms with Gasteiger partial charge < -0.3 is 5.32 Å². The van der Waals surface area contributed by atoms with E-state index >= 15 is 0 Å². The Morgan fingerprint density at radius 2 is 1.58 bits per heavy atom. The minimum atomic E-state index is 0.345. The molecule has 1 saturated heterocycles. The molecule has 0 aromatic carbocycles. The maximum Gasteiger partial charge on any atom is 0.0125 e. The highest BCUT2D eigenvalue weighted by atomic mass is 15.2. The predicted molar refractivity (Wildman–Crippen MR) is 83.5 cm³/mol. The van der Waals surface area contributed by atoms with E-state index in [2.05, 4.69) is 44.8 Å². The van der Waals surface area contributed by atoms with Crippen LogP contribution >= 0.6 is 0 Å². The van der Waals surface area contributed by atoms with Crippen molar-refractivity contribution in [1.82, 2.24) is 10.2 Å². The lowest BCUT2D eigenvalue weighted by atomic mass is 9.79. The molecular formula is C17H34N2. The summed E-state index contributed by atoms with van der Waals surface area (Å²) in [6.07, 6.45) is 6.89. The molecule has 2 nitrogen and oxygen atoms in total. The topological polar surface area (TPSA) is 15.3 Å². The molecule has 1 aliphatic carbocycles. The van der Waals surface area contributed by atoms with E-state index in [0.29, 0.717) is 5.54 Å². The fraction of sp³-hybridized carbons (Fsp3) is 1.00. The van der Waals surface area contributed by atoms with E-state index in [4.69, 9.17) is 0 Å². The van der Waals surface area contributed by atoms with Gasteiger partial charge in [0.25, 0.3) is 0 Å². The summed E-state index contributed by atoms with van der Waals surface area (Å²) in [7, 11) is 0. The van der Waals surface area contributed by atoms with Crippen molar-refractivity contribution in [3.8, 4) is 0 Å². The van der Waals surface area contributed by atoms with E-state index in [0.717, 1.165) is 23.9 Å². The van der Waals surface area contributed by atoms with Crippen LogP contribution in [-0.2, 0) is 0 Å². The molecule has 1 heterocycles. The Morgan fingerprint density at radius 1 is 0.947 bits per heavy atom. The molecule has 2 rings (SSSR count). The van der Waals surface area contributed by atoms with Gasteiger partial charge in [-0.15, -0.1) is 0 Å². The molecule has 0 aromatic heterocycles. The van der Waals surface area contributed by atoms with Gasteiger partial charge in [-0.05, 0) is 58.3 Å². The lowest BCUT2D eigenvalue weighted by Gasteiger charge is -2.43. The third-order valence-electron chi connectivity index (χ3n) is 5.35. The minimum absolute atomic E-state index is 0.345. The summed E-state index contributed by atoms with van der Waals surface area (Å²) >= 11 is 0. The van der Waals surface area contributed by atoms with E-state index in [1.165, 1.54) is 45.2 Å². The van der Waals surface area contributed by atoms with Gasteiger partial charge in [-0.2, -0.15) is 0 Å². The van der Waals surface area contributed by atoms with Gasteiger partial charge in [0.1, 0.15) is 0 Å². The molecule has 0 radical (unpaired) electrons. The van der Waals surface area contributed by atoms with Crippen LogP contribution in [0.25, 0.3) is 0 Å². The molecule has 1 aliphatic heterocycles. The fourth-order valence-electron chi connectivity index (χ4n) is 3.78. The third kappa shape index (κ3) is 4.19. The average molecular weight is 266 g/mol. The van der Waals surface area contributed by atoms with Crippen molar-refractivity contribution < 1.29 is 0 Å². The number of nitrogens with one attached hydrogen (secondary N) is 1. The Kier molecular flexibility index (Phi) is 4.94. The number of piperidine rings is 1. The zero-order valence-corrected chi connectivity index (χ0v) is 13.7. The lowest BCUT2D eigenvalue weighted by molar-refractivity contribution is 0.0872. The van der Waals surface area contributed by atoms with Crippen molar-refractivity contribution in [3.63, 3.8) is 0 Å². The molecular weight excluding hydrogens is 232 g/mol. The predicted octanol–water partition coefficient (Wildman–Crippen LogP) is 3.66. The number of nitrogens with zero attached hydrogens (tertiary/aromatic N) is 1. The normalized spacial score (nSPS) is 35.5. The lowest BCUT2D eigenvalue weighted by Crippen LogP contribution is -2.53. The van der Waals surface area contributed by atoms with Crippen LogP contribution in [0.2, 0.25) is 0 Å². The van der Waals surface area contributed by atoms with Gasteiger partial charge >= 0.3 is 0 Å². The Bertz CT molecular complexity index is 273. The fourth-order valence-corrected chi connectivity index (χ4v) is 3.78. The van der Waals surface area contributed by atoms with Gasteiger partial charge in [-0.1, -0.05) is 20.3 Å². The van der Waals surface area contributed by atoms with E-state index in [1.54, 1.807) is 0 Å². The molecule has 3 atom stereocenters. The second-order valence-electron chi connectivity index (χ2n) is 8.10. The van der Waals surface area contributed by atoms with Crippen molar-refractivity contribution in [2.45, 2.75) is 84.3 Å². The quantitative estimate of drug-likeness (QED) is 0.820. The Hall–Kier alpha value is -0.0800. The standard InChI is InChI=1S/C17H34N2/c1-13-6-7-14(2)16(12-13)18-15-8-10-19(11-9-15)17(3,4)5/h13-16,18H,6-12H2,1-5H3. The molecule has 0 amide bonds. The van der Waals surface area contributed by atoms with E-state index in [1.807, 2.05) is 0 Å². The molecule has 2 heteroatoms. The zero-order valence-electron chi connectivity index (χ0n) is 13.7. The van der Waals surface area contributed by atoms with Crippen molar-refractivity contribution in [3.05, 3.63) is 0 Å². The number of hydrogen-bond donors (Lipinski definition) is 1. The second-order valence-corrected chi connectivity index (χ2v) is 8.10. The number of likely N-dealkylation sites (tertiary alicyclic amines) is 1. The molecule has 0 bridgehead atoms. The molecule has 0 aromatic rings. The van der Waals surface area contributed by atoms with Crippen LogP contribution in [0.3, 0.4) is 0 Å². The van der Waals surface area contributed by atoms with Crippen molar-refractivity contribution >= 4 is 0 Å². The SMILES string of the molecule is CC1CCC(C)C(NC2CCN(C(C)(C)C)CC2)C1. The third-order valence-corrected chi connectivity index (χ3v) is 5.35. The van der Waals surface area contributed by atoms with E-state index in [9.17, 15) is 0 Å². The maximum atomic E-state index is 3.98. The summed E-state index contributed by atoms with van der Waals surface area (Å²) in [6, 6.07) is 1.53. The Morgan fingerprint density at radius 3 is 2.16 bits per heavy atom. The van der Waals surface area contributed by atoms with Crippen LogP contribution in [0, 0.1) is 11.8 Å². The second kappa shape index (κ2) is 6.13. The highest BCUT2D eigenvalue weighted by molar-refractivity contribution is 4.88. The molecule has 2 fully saturated rings. The van der Waals surface area contributed by atoms with E-state index in [-0.39, 0.29) is 0 Å². The monoisotopic (exact) mass is 266 g/mol. The first kappa shape index (κ1) is 15.3. The van der Waals surface area contributed by atoms with Crippen LogP contribution in [0.1, 0.15) is 66.7 Å². The summed E-state index contributed by atoms with van der Waals surface area (Å²) in [4.78, 5) is 2.64. The summed E-state index contributed by atoms with van der Waals surface area (Å²) < 4.78 is 0. The smallest absolute Gasteiger partial charge is 0.0125 e. The molecule has 1 saturated carbocycles. The number of hydrogen-bond acceptors (Lipinski definition) is 2. The highest BCUT2D eigenvalue weighted by Crippen LogP contribution is 2.29. The van der Waals surface area contributed by atoms with Gasteiger partial charge in [0, 0.05) is 30.7 Å². The van der Waals surface area contributed by atoms with Crippen LogP contribution < -0.4 is 5.32 Å². The van der Waals surface area contributed by atoms with Crippen molar-refractivity contribution in [1.29, 1.82) is 0 Å². The largest absolute Gasteiger partial charge is 0.311 e. The van der Waals surface area contributed by atoms with Gasteiger partial charge in [0.2, 0.25) is 0 Å². The maximum absolute atomic E-state index is 3.98.